The molecular weight excluding hydrogens is 381 g/mol. The molecule has 0 saturated carbocycles. The monoisotopic (exact) mass is 393 g/mol. The summed E-state index contributed by atoms with van der Waals surface area (Å²) in [6.45, 7) is 0.314. The number of carbonyl (C=O) groups is 2. The number of halogens is 2. The number of hydrogen-bond donors (Lipinski definition) is 2. The maximum atomic E-state index is 12.0. The van der Waals surface area contributed by atoms with Crippen LogP contribution in [0, 0.1) is 0 Å². The van der Waals surface area contributed by atoms with Gasteiger partial charge < -0.3 is 10.4 Å². The van der Waals surface area contributed by atoms with Gasteiger partial charge in [-0.25, -0.2) is 4.79 Å². The van der Waals surface area contributed by atoms with E-state index in [0.29, 0.717) is 22.3 Å². The maximum Gasteiger partial charge on any atom is 0.338 e. The predicted molar refractivity (Wildman–Crippen MR) is 95.6 cm³/mol. The maximum absolute atomic E-state index is 12.0. The Morgan fingerprint density at radius 1 is 1.12 bits per heavy atom. The Labute approximate surface area is 157 Å². The lowest BCUT2D eigenvalue weighted by molar-refractivity contribution is -0.116. The lowest BCUT2D eigenvalue weighted by atomic mass is 10.2. The van der Waals surface area contributed by atoms with Crippen LogP contribution in [0.4, 0.5) is 5.69 Å². The molecule has 1 aromatic carbocycles. The van der Waals surface area contributed by atoms with Crippen LogP contribution in [0.25, 0.3) is 0 Å². The molecule has 0 saturated heterocycles. The smallest absolute Gasteiger partial charge is 0.338 e. The van der Waals surface area contributed by atoms with Crippen molar-refractivity contribution in [3.63, 3.8) is 0 Å². The fraction of sp³-hybridized carbons (Fsp3) is 0.125. The fourth-order valence-corrected chi connectivity index (χ4v) is 2.72. The summed E-state index contributed by atoms with van der Waals surface area (Å²) in [6, 6.07) is 5.20. The SMILES string of the molecule is O=C(Cn1cc(C(=O)O)cn1)Nc1cnn(Cc2ccc(Cl)cc2Cl)c1. The van der Waals surface area contributed by atoms with Crippen molar-refractivity contribution in [2.75, 3.05) is 5.32 Å². The number of rotatable bonds is 6. The Morgan fingerprint density at radius 3 is 2.58 bits per heavy atom. The van der Waals surface area contributed by atoms with E-state index in [1.807, 2.05) is 6.07 Å². The number of anilines is 1. The molecule has 0 aliphatic carbocycles. The van der Waals surface area contributed by atoms with Gasteiger partial charge in [-0.2, -0.15) is 10.2 Å². The first-order valence-electron chi connectivity index (χ1n) is 7.42. The molecule has 2 aromatic heterocycles. The van der Waals surface area contributed by atoms with Crippen LogP contribution in [0.2, 0.25) is 10.0 Å². The van der Waals surface area contributed by atoms with Crippen molar-refractivity contribution in [3.05, 3.63) is 64.2 Å². The second-order valence-corrected chi connectivity index (χ2v) is 6.29. The van der Waals surface area contributed by atoms with Crippen LogP contribution in [-0.4, -0.2) is 36.5 Å². The van der Waals surface area contributed by atoms with Crippen LogP contribution < -0.4 is 5.32 Å². The Bertz CT molecular complexity index is 966. The van der Waals surface area contributed by atoms with Crippen molar-refractivity contribution in [1.29, 1.82) is 0 Å². The first kappa shape index (κ1) is 18.0. The van der Waals surface area contributed by atoms with Crippen molar-refractivity contribution in [1.82, 2.24) is 19.6 Å². The molecule has 134 valence electrons. The molecule has 0 fully saturated rings. The van der Waals surface area contributed by atoms with Gasteiger partial charge in [-0.05, 0) is 17.7 Å². The third-order valence-electron chi connectivity index (χ3n) is 3.45. The summed E-state index contributed by atoms with van der Waals surface area (Å²) in [6.07, 6.45) is 5.64. The Morgan fingerprint density at radius 2 is 1.88 bits per heavy atom. The van der Waals surface area contributed by atoms with E-state index in [-0.39, 0.29) is 18.0 Å². The second kappa shape index (κ2) is 7.59. The van der Waals surface area contributed by atoms with Crippen LogP contribution in [0.1, 0.15) is 15.9 Å². The van der Waals surface area contributed by atoms with Crippen molar-refractivity contribution in [2.24, 2.45) is 0 Å². The highest BCUT2D eigenvalue weighted by molar-refractivity contribution is 6.35. The van der Waals surface area contributed by atoms with Crippen LogP contribution in [0.5, 0.6) is 0 Å². The number of carboxylic acid groups (broad SMARTS) is 1. The summed E-state index contributed by atoms with van der Waals surface area (Å²) >= 11 is 12.0. The van der Waals surface area contributed by atoms with Crippen molar-refractivity contribution in [2.45, 2.75) is 13.1 Å². The fourth-order valence-electron chi connectivity index (χ4n) is 2.25. The molecular formula is C16H13Cl2N5O3. The molecule has 3 aromatic rings. The minimum Gasteiger partial charge on any atom is -0.478 e. The summed E-state index contributed by atoms with van der Waals surface area (Å²) < 4.78 is 2.87. The average Bonchev–Trinajstić information content (AvgIpc) is 3.20. The van der Waals surface area contributed by atoms with E-state index in [1.54, 1.807) is 23.0 Å². The molecule has 0 bridgehead atoms. The second-order valence-electron chi connectivity index (χ2n) is 5.44. The molecule has 8 nitrogen and oxygen atoms in total. The molecule has 0 aliphatic rings. The van der Waals surface area contributed by atoms with Gasteiger partial charge in [0.05, 0.1) is 30.2 Å². The number of carboxylic acids is 1. The van der Waals surface area contributed by atoms with E-state index in [9.17, 15) is 9.59 Å². The summed E-state index contributed by atoms with van der Waals surface area (Å²) in [5.74, 6) is -1.45. The molecule has 26 heavy (non-hydrogen) atoms. The first-order chi connectivity index (χ1) is 12.4. The van der Waals surface area contributed by atoms with Crippen LogP contribution in [0.15, 0.2) is 43.0 Å². The molecule has 0 radical (unpaired) electrons. The lowest BCUT2D eigenvalue weighted by Gasteiger charge is -2.05. The van der Waals surface area contributed by atoms with Crippen molar-refractivity contribution in [3.8, 4) is 0 Å². The Balaban J connectivity index is 1.60. The predicted octanol–water partition coefficient (Wildman–Crippen LogP) is 2.77. The van der Waals surface area contributed by atoms with E-state index in [4.69, 9.17) is 28.3 Å². The number of aromatic carboxylic acids is 1. The zero-order valence-corrected chi connectivity index (χ0v) is 14.8. The molecule has 0 atom stereocenters. The highest BCUT2D eigenvalue weighted by Gasteiger charge is 2.10. The molecule has 2 N–H and O–H groups in total. The number of nitrogens with zero attached hydrogens (tertiary/aromatic N) is 4. The highest BCUT2D eigenvalue weighted by Crippen LogP contribution is 2.22. The van der Waals surface area contributed by atoms with Crippen LogP contribution >= 0.6 is 23.2 Å². The summed E-state index contributed by atoms with van der Waals surface area (Å²) in [5.41, 5.74) is 1.37. The molecule has 0 aliphatic heterocycles. The molecule has 0 spiro atoms. The number of benzene rings is 1. The van der Waals surface area contributed by atoms with E-state index in [1.165, 1.54) is 23.3 Å². The van der Waals surface area contributed by atoms with Gasteiger partial charge in [0, 0.05) is 22.4 Å². The van der Waals surface area contributed by atoms with E-state index < -0.39 is 5.97 Å². The zero-order chi connectivity index (χ0) is 18.7. The first-order valence-corrected chi connectivity index (χ1v) is 8.18. The quantitative estimate of drug-likeness (QED) is 0.670. The highest BCUT2D eigenvalue weighted by atomic mass is 35.5. The minimum atomic E-state index is -1.10. The molecule has 1 amide bonds. The number of carbonyl (C=O) groups excluding carboxylic acids is 1. The van der Waals surface area contributed by atoms with E-state index >= 15 is 0 Å². The van der Waals surface area contributed by atoms with Gasteiger partial charge >= 0.3 is 5.97 Å². The summed E-state index contributed by atoms with van der Waals surface area (Å²) in [7, 11) is 0. The largest absolute Gasteiger partial charge is 0.478 e. The van der Waals surface area contributed by atoms with Gasteiger partial charge in [-0.3, -0.25) is 14.2 Å². The van der Waals surface area contributed by atoms with E-state index in [0.717, 1.165) is 5.56 Å². The molecule has 2 heterocycles. The van der Waals surface area contributed by atoms with Crippen LogP contribution in [-0.2, 0) is 17.9 Å². The normalized spacial score (nSPS) is 10.7. The Hall–Kier alpha value is -2.84. The van der Waals surface area contributed by atoms with Gasteiger partial charge in [0.15, 0.2) is 0 Å². The minimum absolute atomic E-state index is 0.0189. The van der Waals surface area contributed by atoms with Gasteiger partial charge in [0.2, 0.25) is 5.91 Å². The van der Waals surface area contributed by atoms with Crippen molar-refractivity contribution < 1.29 is 14.7 Å². The summed E-state index contributed by atoms with van der Waals surface area (Å²) in [4.78, 5) is 22.8. The van der Waals surface area contributed by atoms with Crippen molar-refractivity contribution >= 4 is 40.8 Å². The number of nitrogens with one attached hydrogen (secondary N) is 1. The average molecular weight is 394 g/mol. The molecule has 0 unspecified atom stereocenters. The zero-order valence-electron chi connectivity index (χ0n) is 13.3. The molecule has 10 heteroatoms. The number of amides is 1. The number of hydrogen-bond acceptors (Lipinski definition) is 4. The van der Waals surface area contributed by atoms with Gasteiger partial charge in [0.1, 0.15) is 6.54 Å². The lowest BCUT2D eigenvalue weighted by Crippen LogP contribution is -2.18. The topological polar surface area (TPSA) is 102 Å². The molecule has 3 rings (SSSR count). The number of aromatic nitrogens is 4. The van der Waals surface area contributed by atoms with Gasteiger partial charge in [0.25, 0.3) is 0 Å². The standard InChI is InChI=1S/C16H13Cl2N5O3/c17-12-2-1-10(14(18)3-12)6-22-8-13(5-20-22)21-15(24)9-23-7-11(4-19-23)16(25)26/h1-5,7-8H,6,9H2,(H,21,24)(H,25,26). The van der Waals surface area contributed by atoms with E-state index in [2.05, 4.69) is 15.5 Å². The van der Waals surface area contributed by atoms with Gasteiger partial charge in [-0.1, -0.05) is 29.3 Å². The third-order valence-corrected chi connectivity index (χ3v) is 4.04. The van der Waals surface area contributed by atoms with Crippen LogP contribution in [0.3, 0.4) is 0 Å². The summed E-state index contributed by atoms with van der Waals surface area (Å²) in [5, 5.41) is 20.6. The Kier molecular flexibility index (Phi) is 5.24. The third kappa shape index (κ3) is 4.41. The van der Waals surface area contributed by atoms with Gasteiger partial charge in [-0.15, -0.1) is 0 Å².